The van der Waals surface area contributed by atoms with E-state index >= 15 is 0 Å². The molecule has 0 spiro atoms. The maximum absolute atomic E-state index is 4.30. The molecule has 1 aromatic rings. The molecule has 12 heavy (non-hydrogen) atoms. The second-order valence-electron chi connectivity index (χ2n) is 3.13. The van der Waals surface area contributed by atoms with Crippen LogP contribution in [-0.2, 0) is 0 Å². The van der Waals surface area contributed by atoms with Gasteiger partial charge in [0, 0.05) is 0 Å². The third-order valence-electron chi connectivity index (χ3n) is 2.88. The molecule has 0 saturated heterocycles. The zero-order chi connectivity index (χ0) is 9.03. The van der Waals surface area contributed by atoms with Crippen LogP contribution in [0.4, 0.5) is 0 Å². The second-order valence-corrected chi connectivity index (χ2v) is 17.5. The molecule has 0 unspecified atom stereocenters. The van der Waals surface area contributed by atoms with Gasteiger partial charge in [-0.3, -0.25) is 0 Å². The predicted molar refractivity (Wildman–Crippen MR) is 52.6 cm³/mol. The Hall–Kier alpha value is -0.0613. The fourth-order valence-corrected chi connectivity index (χ4v) is 10.5. The standard InChI is InChI=1S/C2H2N3.3C2H5.Sn/c1-3-2-5-4-1;3*1-2;/h1-2H;3*1H2,2H3;/q-1;;;;+1. The van der Waals surface area contributed by atoms with Gasteiger partial charge in [-0.2, -0.15) is 0 Å². The molecule has 0 saturated carbocycles. The zero-order valence-electron chi connectivity index (χ0n) is 8.12. The Morgan fingerprint density at radius 2 is 1.75 bits per heavy atom. The van der Waals surface area contributed by atoms with Crippen molar-refractivity contribution in [3.63, 3.8) is 0 Å². The van der Waals surface area contributed by atoms with E-state index in [1.54, 1.807) is 6.33 Å². The first-order chi connectivity index (χ1) is 5.79. The van der Waals surface area contributed by atoms with Crippen LogP contribution in [0.5, 0.6) is 0 Å². The molecule has 0 atom stereocenters. The molecule has 1 aromatic heterocycles. The van der Waals surface area contributed by atoms with Gasteiger partial charge in [-0.15, -0.1) is 0 Å². The monoisotopic (exact) mass is 275 g/mol. The van der Waals surface area contributed by atoms with Crippen molar-refractivity contribution in [1.82, 2.24) is 13.0 Å². The number of aromatic nitrogens is 3. The molecular weight excluding hydrogens is 257 g/mol. The van der Waals surface area contributed by atoms with Gasteiger partial charge in [0.05, 0.1) is 0 Å². The fourth-order valence-electron chi connectivity index (χ4n) is 1.69. The van der Waals surface area contributed by atoms with Crippen LogP contribution in [-0.4, -0.2) is 31.6 Å². The van der Waals surface area contributed by atoms with E-state index in [9.17, 15) is 0 Å². The third kappa shape index (κ3) is 1.65. The van der Waals surface area contributed by atoms with Crippen LogP contribution in [0.1, 0.15) is 20.8 Å². The molecule has 0 fully saturated rings. The van der Waals surface area contributed by atoms with Crippen molar-refractivity contribution >= 4 is 18.7 Å². The quantitative estimate of drug-likeness (QED) is 0.787. The molecule has 0 amide bonds. The Morgan fingerprint density at radius 3 is 2.08 bits per heavy atom. The van der Waals surface area contributed by atoms with Gasteiger partial charge in [0.15, 0.2) is 0 Å². The maximum atomic E-state index is 4.30. The molecule has 0 aliphatic rings. The van der Waals surface area contributed by atoms with E-state index in [1.165, 1.54) is 13.3 Å². The van der Waals surface area contributed by atoms with Crippen LogP contribution in [0.3, 0.4) is 0 Å². The van der Waals surface area contributed by atoms with Crippen LogP contribution in [0, 0.1) is 0 Å². The van der Waals surface area contributed by atoms with Gasteiger partial charge >= 0.3 is 78.4 Å². The number of nitrogens with zero attached hydrogens (tertiary/aromatic N) is 3. The predicted octanol–water partition coefficient (Wildman–Crippen LogP) is 2.13. The Kier molecular flexibility index (Phi) is 3.55. The molecule has 0 aliphatic heterocycles. The molecule has 0 radical (unpaired) electrons. The van der Waals surface area contributed by atoms with Crippen LogP contribution in [0.2, 0.25) is 13.3 Å². The number of hydrogen-bond acceptors (Lipinski definition) is 2. The summed E-state index contributed by atoms with van der Waals surface area (Å²) in [6, 6.07) is 0. The van der Waals surface area contributed by atoms with Crippen LogP contribution >= 0.6 is 0 Å². The molecule has 0 aliphatic carbocycles. The molecule has 68 valence electrons. The van der Waals surface area contributed by atoms with Crippen molar-refractivity contribution in [1.29, 1.82) is 0 Å². The summed E-state index contributed by atoms with van der Waals surface area (Å²) in [5.74, 6) is 0. The molecule has 0 N–H and O–H groups in total. The summed E-state index contributed by atoms with van der Waals surface area (Å²) in [6.07, 6.45) is 3.57. The first-order valence-corrected chi connectivity index (χ1v) is 12.0. The Bertz CT molecular complexity index is 208. The minimum atomic E-state index is -2.06. The van der Waals surface area contributed by atoms with Crippen molar-refractivity contribution < 1.29 is 0 Å². The van der Waals surface area contributed by atoms with E-state index in [0.29, 0.717) is 0 Å². The SMILES string of the molecule is C[CH2][Sn]([CH2]C)([CH2]C)[n]1cncn1. The molecular formula is C8H17N3Sn. The van der Waals surface area contributed by atoms with E-state index in [1.807, 2.05) is 6.33 Å². The van der Waals surface area contributed by atoms with Crippen LogP contribution in [0.15, 0.2) is 12.7 Å². The van der Waals surface area contributed by atoms with E-state index in [0.717, 1.165) is 0 Å². The van der Waals surface area contributed by atoms with E-state index < -0.39 is 18.7 Å². The fraction of sp³-hybridized carbons (Fsp3) is 0.750. The normalized spacial score (nSPS) is 11.9. The first-order valence-electron chi connectivity index (χ1n) is 4.64. The molecule has 4 heteroatoms. The summed E-state index contributed by atoms with van der Waals surface area (Å²) in [6.45, 7) is 6.89. The van der Waals surface area contributed by atoms with Crippen molar-refractivity contribution in [2.45, 2.75) is 34.1 Å². The van der Waals surface area contributed by atoms with Gasteiger partial charge in [-0.25, -0.2) is 0 Å². The second kappa shape index (κ2) is 4.25. The van der Waals surface area contributed by atoms with Crippen LogP contribution in [0.25, 0.3) is 0 Å². The Morgan fingerprint density at radius 1 is 1.17 bits per heavy atom. The molecule has 3 nitrogen and oxygen atoms in total. The van der Waals surface area contributed by atoms with Gasteiger partial charge in [0.25, 0.3) is 0 Å². The first kappa shape index (κ1) is 10.0. The van der Waals surface area contributed by atoms with Gasteiger partial charge in [0.1, 0.15) is 0 Å². The summed E-state index contributed by atoms with van der Waals surface area (Å²) in [5, 5.41) is 4.30. The van der Waals surface area contributed by atoms with Gasteiger partial charge in [-0.05, 0) is 0 Å². The topological polar surface area (TPSA) is 30.7 Å². The van der Waals surface area contributed by atoms with E-state index in [2.05, 4.69) is 33.8 Å². The summed E-state index contributed by atoms with van der Waals surface area (Å²) < 4.78 is 6.18. The molecule has 1 rings (SSSR count). The van der Waals surface area contributed by atoms with E-state index in [4.69, 9.17) is 0 Å². The minimum absolute atomic E-state index is 1.32. The Balaban J connectivity index is 2.93. The number of rotatable bonds is 4. The van der Waals surface area contributed by atoms with Crippen LogP contribution < -0.4 is 0 Å². The number of hydrogen-bond donors (Lipinski definition) is 0. The van der Waals surface area contributed by atoms with Crippen molar-refractivity contribution in [2.75, 3.05) is 0 Å². The average Bonchev–Trinajstić information content (AvgIpc) is 2.62. The molecule has 0 aromatic carbocycles. The average molecular weight is 274 g/mol. The van der Waals surface area contributed by atoms with Gasteiger partial charge < -0.3 is 0 Å². The summed E-state index contributed by atoms with van der Waals surface area (Å²) in [7, 11) is 0. The zero-order valence-corrected chi connectivity index (χ0v) is 11.0. The van der Waals surface area contributed by atoms with Crippen molar-refractivity contribution in [3.05, 3.63) is 12.7 Å². The molecule has 0 bridgehead atoms. The summed E-state index contributed by atoms with van der Waals surface area (Å²) in [5.41, 5.74) is 0. The van der Waals surface area contributed by atoms with E-state index in [-0.39, 0.29) is 0 Å². The van der Waals surface area contributed by atoms with Crippen molar-refractivity contribution in [2.24, 2.45) is 0 Å². The third-order valence-corrected chi connectivity index (χ3v) is 17.6. The van der Waals surface area contributed by atoms with Crippen molar-refractivity contribution in [3.8, 4) is 0 Å². The summed E-state index contributed by atoms with van der Waals surface area (Å²) >= 11 is -2.06. The van der Waals surface area contributed by atoms with Gasteiger partial charge in [0.2, 0.25) is 0 Å². The molecule has 1 heterocycles. The Labute approximate surface area is 78.4 Å². The van der Waals surface area contributed by atoms with Gasteiger partial charge in [-0.1, -0.05) is 0 Å². The summed E-state index contributed by atoms with van der Waals surface area (Å²) in [4.78, 5) is 4.04.